The van der Waals surface area contributed by atoms with E-state index in [0.717, 1.165) is 6.54 Å². The van der Waals surface area contributed by atoms with E-state index >= 15 is 0 Å². The lowest BCUT2D eigenvalue weighted by Gasteiger charge is -2.15. The fraction of sp³-hybridized carbons (Fsp3) is 0.462. The lowest BCUT2D eigenvalue weighted by Crippen LogP contribution is -2.34. The summed E-state index contributed by atoms with van der Waals surface area (Å²) in [5.74, 6) is -0.301. The molecule has 2 rings (SSSR count). The molecule has 0 atom stereocenters. The summed E-state index contributed by atoms with van der Waals surface area (Å²) < 4.78 is 0.220. The van der Waals surface area contributed by atoms with Crippen LogP contribution in [-0.2, 0) is 0 Å². The molecule has 1 amide bonds. The molecule has 1 fully saturated rings. The third kappa shape index (κ3) is 3.55. The molecule has 0 unspecified atom stereocenters. The molecule has 0 heterocycles. The molecule has 1 aromatic carbocycles. The third-order valence-electron chi connectivity index (χ3n) is 3.34. The Morgan fingerprint density at radius 2 is 2.25 bits per heavy atom. The van der Waals surface area contributed by atoms with E-state index in [1.54, 1.807) is 6.07 Å². The van der Waals surface area contributed by atoms with Crippen molar-refractivity contribution in [3.63, 3.8) is 0 Å². The molecule has 6 nitrogen and oxygen atoms in total. The Kier molecular flexibility index (Phi) is 4.72. The molecule has 1 N–H and O–H groups in total. The second-order valence-electron chi connectivity index (χ2n) is 4.86. The van der Waals surface area contributed by atoms with Crippen LogP contribution in [0.15, 0.2) is 22.7 Å². The van der Waals surface area contributed by atoms with Crippen LogP contribution in [0.2, 0.25) is 0 Å². The van der Waals surface area contributed by atoms with Crippen molar-refractivity contribution >= 4 is 27.5 Å². The van der Waals surface area contributed by atoms with Crippen LogP contribution < -0.4 is 5.32 Å². The summed E-state index contributed by atoms with van der Waals surface area (Å²) in [6, 6.07) is 5.09. The Labute approximate surface area is 125 Å². The van der Waals surface area contributed by atoms with Crippen molar-refractivity contribution in [3.05, 3.63) is 38.3 Å². The van der Waals surface area contributed by atoms with Crippen LogP contribution in [0, 0.1) is 10.1 Å². The number of nitro benzene ring substituents is 1. The molecule has 0 radical (unpaired) electrons. The van der Waals surface area contributed by atoms with Crippen molar-refractivity contribution in [3.8, 4) is 0 Å². The molecule has 0 spiro atoms. The van der Waals surface area contributed by atoms with Gasteiger partial charge in [0.05, 0.1) is 10.5 Å². The molecule has 1 aromatic rings. The first kappa shape index (κ1) is 14.9. The van der Waals surface area contributed by atoms with Crippen molar-refractivity contribution in [2.45, 2.75) is 18.9 Å². The molecule has 0 saturated heterocycles. The number of nitro groups is 1. The number of hydrogen-bond acceptors (Lipinski definition) is 4. The molecule has 108 valence electrons. The van der Waals surface area contributed by atoms with Gasteiger partial charge in [0, 0.05) is 25.2 Å². The number of halogens is 1. The molecule has 7 heteroatoms. The average molecular weight is 342 g/mol. The fourth-order valence-electron chi connectivity index (χ4n) is 1.98. The molecule has 0 aliphatic heterocycles. The first-order valence-corrected chi connectivity index (χ1v) is 7.21. The van der Waals surface area contributed by atoms with Gasteiger partial charge in [-0.05, 0) is 41.9 Å². The van der Waals surface area contributed by atoms with Gasteiger partial charge in [0.1, 0.15) is 4.47 Å². The minimum absolute atomic E-state index is 0.104. The van der Waals surface area contributed by atoms with Crippen LogP contribution in [-0.4, -0.2) is 41.9 Å². The molecule has 1 aliphatic carbocycles. The number of amides is 1. The van der Waals surface area contributed by atoms with Crippen LogP contribution in [0.3, 0.4) is 0 Å². The van der Waals surface area contributed by atoms with Crippen molar-refractivity contribution in [1.82, 2.24) is 10.2 Å². The Morgan fingerprint density at radius 3 is 2.85 bits per heavy atom. The van der Waals surface area contributed by atoms with Crippen molar-refractivity contribution in [2.75, 3.05) is 20.1 Å². The van der Waals surface area contributed by atoms with Gasteiger partial charge in [-0.2, -0.15) is 0 Å². The monoisotopic (exact) mass is 341 g/mol. The minimum Gasteiger partial charge on any atom is -0.351 e. The van der Waals surface area contributed by atoms with Gasteiger partial charge in [-0.25, -0.2) is 0 Å². The highest BCUT2D eigenvalue weighted by Crippen LogP contribution is 2.28. The van der Waals surface area contributed by atoms with Gasteiger partial charge in [-0.3, -0.25) is 14.9 Å². The second kappa shape index (κ2) is 6.32. The highest BCUT2D eigenvalue weighted by atomic mass is 79.9. The zero-order valence-corrected chi connectivity index (χ0v) is 12.7. The number of carbonyl (C=O) groups is 1. The van der Waals surface area contributed by atoms with E-state index < -0.39 is 4.92 Å². The van der Waals surface area contributed by atoms with E-state index in [-0.39, 0.29) is 21.6 Å². The van der Waals surface area contributed by atoms with Gasteiger partial charge in [-0.1, -0.05) is 6.07 Å². The Balaban J connectivity index is 1.94. The normalized spacial score (nSPS) is 14.3. The molecule has 1 saturated carbocycles. The molecule has 0 bridgehead atoms. The zero-order chi connectivity index (χ0) is 14.7. The maximum absolute atomic E-state index is 12.0. The fourth-order valence-corrected chi connectivity index (χ4v) is 2.56. The first-order chi connectivity index (χ1) is 9.50. The van der Waals surface area contributed by atoms with Gasteiger partial charge in [0.15, 0.2) is 0 Å². The molecular weight excluding hydrogens is 326 g/mol. The van der Waals surface area contributed by atoms with Gasteiger partial charge in [0.2, 0.25) is 0 Å². The zero-order valence-electron chi connectivity index (χ0n) is 11.1. The Bertz CT molecular complexity index is 532. The molecule has 0 aromatic heterocycles. The summed E-state index contributed by atoms with van der Waals surface area (Å²) in [4.78, 5) is 24.5. The highest BCUT2D eigenvalue weighted by Gasteiger charge is 2.25. The van der Waals surface area contributed by atoms with E-state index in [1.807, 2.05) is 7.05 Å². The van der Waals surface area contributed by atoms with Gasteiger partial charge in [0.25, 0.3) is 11.6 Å². The summed E-state index contributed by atoms with van der Waals surface area (Å²) in [7, 11) is 2.03. The first-order valence-electron chi connectivity index (χ1n) is 6.42. The summed E-state index contributed by atoms with van der Waals surface area (Å²) in [6.45, 7) is 1.31. The quantitative estimate of drug-likeness (QED) is 0.635. The minimum atomic E-state index is -0.512. The topological polar surface area (TPSA) is 75.5 Å². The van der Waals surface area contributed by atoms with E-state index in [1.165, 1.54) is 25.0 Å². The highest BCUT2D eigenvalue weighted by molar-refractivity contribution is 9.10. The number of rotatable bonds is 6. The van der Waals surface area contributed by atoms with Crippen LogP contribution in [0.1, 0.15) is 23.2 Å². The lowest BCUT2D eigenvalue weighted by atomic mass is 10.2. The van der Waals surface area contributed by atoms with E-state index in [4.69, 9.17) is 0 Å². The number of benzene rings is 1. The van der Waals surface area contributed by atoms with Gasteiger partial charge in [-0.15, -0.1) is 0 Å². The van der Waals surface area contributed by atoms with Crippen LogP contribution in [0.4, 0.5) is 5.69 Å². The van der Waals surface area contributed by atoms with Crippen molar-refractivity contribution < 1.29 is 9.72 Å². The molecule has 1 aliphatic rings. The number of likely N-dealkylation sites (N-methyl/N-ethyl adjacent to an activating group) is 1. The largest absolute Gasteiger partial charge is 0.351 e. The van der Waals surface area contributed by atoms with Crippen molar-refractivity contribution in [2.24, 2.45) is 0 Å². The maximum atomic E-state index is 12.0. The summed E-state index contributed by atoms with van der Waals surface area (Å²) in [5.41, 5.74) is 0.182. The SMILES string of the molecule is CN(CCNC(=O)c1cccc([N+](=O)[O-])c1Br)C1CC1. The molecular formula is C13H16BrN3O3. The van der Waals surface area contributed by atoms with Crippen LogP contribution in [0.25, 0.3) is 0 Å². The van der Waals surface area contributed by atoms with Gasteiger partial charge >= 0.3 is 0 Å². The summed E-state index contributed by atoms with van der Waals surface area (Å²) in [6.07, 6.45) is 2.45. The predicted octanol–water partition coefficient (Wildman–Crippen LogP) is 2.18. The smallest absolute Gasteiger partial charge is 0.284 e. The standard InChI is InChI=1S/C13H16BrN3O3/c1-16(9-5-6-9)8-7-15-13(18)10-3-2-4-11(12(10)14)17(19)20/h2-4,9H,5-8H2,1H3,(H,15,18). The van der Waals surface area contributed by atoms with Crippen LogP contribution >= 0.6 is 15.9 Å². The number of nitrogens with zero attached hydrogens (tertiary/aromatic N) is 2. The Hall–Kier alpha value is -1.47. The lowest BCUT2D eigenvalue weighted by molar-refractivity contribution is -0.385. The Morgan fingerprint density at radius 1 is 1.55 bits per heavy atom. The number of carbonyl (C=O) groups excluding carboxylic acids is 1. The summed E-state index contributed by atoms with van der Waals surface area (Å²) >= 11 is 3.12. The number of nitrogens with one attached hydrogen (secondary N) is 1. The summed E-state index contributed by atoms with van der Waals surface area (Å²) in [5, 5.41) is 13.6. The van der Waals surface area contributed by atoms with Gasteiger partial charge < -0.3 is 10.2 Å². The van der Waals surface area contributed by atoms with E-state index in [9.17, 15) is 14.9 Å². The second-order valence-corrected chi connectivity index (χ2v) is 5.66. The predicted molar refractivity (Wildman–Crippen MR) is 78.8 cm³/mol. The maximum Gasteiger partial charge on any atom is 0.284 e. The van der Waals surface area contributed by atoms with E-state index in [0.29, 0.717) is 12.6 Å². The average Bonchev–Trinajstić information content (AvgIpc) is 3.22. The number of hydrogen-bond donors (Lipinski definition) is 1. The van der Waals surface area contributed by atoms with E-state index in [2.05, 4.69) is 26.1 Å². The molecule has 20 heavy (non-hydrogen) atoms. The van der Waals surface area contributed by atoms with Crippen molar-refractivity contribution in [1.29, 1.82) is 0 Å². The third-order valence-corrected chi connectivity index (χ3v) is 4.17. The van der Waals surface area contributed by atoms with Crippen LogP contribution in [0.5, 0.6) is 0 Å².